The number of fused-ring (bicyclic) bond motifs is 5. The third kappa shape index (κ3) is 5.07. The Balaban J connectivity index is 1.25. The van der Waals surface area contributed by atoms with Crippen molar-refractivity contribution in [1.82, 2.24) is 14.7 Å². The average molecular weight is 757 g/mol. The first kappa shape index (κ1) is 35.0. The van der Waals surface area contributed by atoms with Gasteiger partial charge in [0.15, 0.2) is 11.5 Å². The first-order valence-electron chi connectivity index (χ1n) is 17.6. The van der Waals surface area contributed by atoms with Gasteiger partial charge in [0.2, 0.25) is 23.6 Å². The molecule has 4 amide bonds. The van der Waals surface area contributed by atoms with Crippen LogP contribution in [0, 0.1) is 36.0 Å². The maximum atomic E-state index is 15.1. The summed E-state index contributed by atoms with van der Waals surface area (Å²) in [5.41, 5.74) is 1.24. The number of phenolic OH excluding ortho intramolecular Hbond substituents is 1. The minimum atomic E-state index is -1.40. The number of nitrogens with zero attached hydrogens (tertiary/aromatic N) is 4. The van der Waals surface area contributed by atoms with Crippen LogP contribution in [0.4, 0.5) is 5.82 Å². The SMILES string of the molecule is CCOc1cccc([C@H]2C3=CC[C@@H]4C(=O)N(CCC(=O)O)C(=O)[C@@H]4[C@@H]3C[C@H]3C(=O)N(c4cc(-c5sc6ccc(Cl)cc6c5C)nn4C)C(=O)[C@@]23C)c1O. The molecule has 0 unspecified atom stereocenters. The van der Waals surface area contributed by atoms with Crippen molar-refractivity contribution in [2.45, 2.75) is 46.0 Å². The first-order chi connectivity index (χ1) is 25.3. The number of ether oxygens (including phenoxy) is 1. The van der Waals surface area contributed by atoms with Crippen LogP contribution in [0.15, 0.2) is 54.1 Å². The number of para-hydroxylation sites is 1. The summed E-state index contributed by atoms with van der Waals surface area (Å²) in [7, 11) is 1.68. The Labute approximate surface area is 313 Å². The lowest BCUT2D eigenvalue weighted by molar-refractivity contribution is -0.142. The number of aliphatic carboxylic acids is 1. The molecule has 4 aromatic rings. The molecule has 8 rings (SSSR count). The smallest absolute Gasteiger partial charge is 0.305 e. The Morgan fingerprint density at radius 2 is 1.87 bits per heavy atom. The van der Waals surface area contributed by atoms with E-state index in [9.17, 15) is 29.4 Å². The second-order valence-electron chi connectivity index (χ2n) is 14.5. The Morgan fingerprint density at radius 3 is 2.60 bits per heavy atom. The number of imide groups is 2. The molecule has 0 radical (unpaired) electrons. The van der Waals surface area contributed by atoms with Crippen LogP contribution < -0.4 is 9.64 Å². The van der Waals surface area contributed by atoms with E-state index in [1.54, 1.807) is 45.2 Å². The van der Waals surface area contributed by atoms with Crippen molar-refractivity contribution in [3.8, 4) is 22.1 Å². The summed E-state index contributed by atoms with van der Waals surface area (Å²) in [6.07, 6.45) is 1.81. The molecule has 53 heavy (non-hydrogen) atoms. The number of allylic oxidation sites excluding steroid dienone is 2. The number of rotatable bonds is 8. The highest BCUT2D eigenvalue weighted by molar-refractivity contribution is 7.22. The van der Waals surface area contributed by atoms with Crippen LogP contribution in [0.5, 0.6) is 11.5 Å². The summed E-state index contributed by atoms with van der Waals surface area (Å²) in [6.45, 7) is 5.55. The first-order valence-corrected chi connectivity index (χ1v) is 18.8. The maximum absolute atomic E-state index is 15.1. The molecule has 3 fully saturated rings. The lowest BCUT2D eigenvalue weighted by Crippen LogP contribution is -2.49. The number of aromatic nitrogens is 2. The highest BCUT2D eigenvalue weighted by atomic mass is 35.5. The van der Waals surface area contributed by atoms with Gasteiger partial charge in [-0.2, -0.15) is 5.10 Å². The topological polar surface area (TPSA) is 159 Å². The monoisotopic (exact) mass is 756 g/mol. The van der Waals surface area contributed by atoms with E-state index in [1.807, 2.05) is 31.2 Å². The molecule has 274 valence electrons. The van der Waals surface area contributed by atoms with Gasteiger partial charge in [0, 0.05) is 40.9 Å². The van der Waals surface area contributed by atoms with Crippen molar-refractivity contribution in [2.75, 3.05) is 18.1 Å². The number of anilines is 1. The summed E-state index contributed by atoms with van der Waals surface area (Å²) >= 11 is 7.83. The van der Waals surface area contributed by atoms with E-state index in [1.165, 1.54) is 20.9 Å². The number of aromatic hydroxyl groups is 1. The predicted molar refractivity (Wildman–Crippen MR) is 197 cm³/mol. The number of amides is 4. The van der Waals surface area contributed by atoms with Crippen molar-refractivity contribution in [1.29, 1.82) is 0 Å². The predicted octanol–water partition coefficient (Wildman–Crippen LogP) is 6.07. The Morgan fingerprint density at radius 1 is 1.09 bits per heavy atom. The fourth-order valence-corrected chi connectivity index (χ4v) is 10.6. The molecule has 14 heteroatoms. The lowest BCUT2D eigenvalue weighted by atomic mass is 9.51. The van der Waals surface area contributed by atoms with Crippen molar-refractivity contribution >= 4 is 68.4 Å². The van der Waals surface area contributed by atoms with E-state index in [4.69, 9.17) is 21.4 Å². The minimum absolute atomic E-state index is 0.111. The lowest BCUT2D eigenvalue weighted by Gasteiger charge is -2.49. The molecule has 2 aromatic heterocycles. The van der Waals surface area contributed by atoms with Gasteiger partial charge in [-0.25, -0.2) is 4.90 Å². The van der Waals surface area contributed by atoms with Crippen LogP contribution >= 0.6 is 22.9 Å². The summed E-state index contributed by atoms with van der Waals surface area (Å²) in [5.74, 6) is -6.59. The van der Waals surface area contributed by atoms with E-state index in [-0.39, 0.29) is 49.7 Å². The number of likely N-dealkylation sites (tertiary alicyclic amines) is 1. The summed E-state index contributed by atoms with van der Waals surface area (Å²) in [4.78, 5) is 71.9. The van der Waals surface area contributed by atoms with Gasteiger partial charge in [-0.05, 0) is 74.7 Å². The molecule has 2 saturated heterocycles. The van der Waals surface area contributed by atoms with Crippen LogP contribution in [-0.4, -0.2) is 67.6 Å². The fourth-order valence-electron chi connectivity index (χ4n) is 9.33. The molecule has 12 nitrogen and oxygen atoms in total. The van der Waals surface area contributed by atoms with Crippen LogP contribution in [0.3, 0.4) is 0 Å². The van der Waals surface area contributed by atoms with Gasteiger partial charge < -0.3 is 14.9 Å². The highest BCUT2D eigenvalue weighted by Crippen LogP contribution is 2.65. The number of carboxylic acids is 1. The molecular formula is C39H37ClN4O8S. The number of carbonyl (C=O) groups excluding carboxylic acids is 4. The molecule has 0 spiro atoms. The second kappa shape index (κ2) is 12.6. The molecule has 0 bridgehead atoms. The summed E-state index contributed by atoms with van der Waals surface area (Å²) in [5, 5.41) is 27.4. The fraction of sp³-hybridized carbons (Fsp3) is 0.385. The largest absolute Gasteiger partial charge is 0.504 e. The number of benzene rings is 2. The normalized spacial score (nSPS) is 26.6. The van der Waals surface area contributed by atoms with Crippen LogP contribution in [-0.2, 0) is 31.0 Å². The van der Waals surface area contributed by atoms with Gasteiger partial charge in [-0.1, -0.05) is 35.4 Å². The minimum Gasteiger partial charge on any atom is -0.504 e. The van der Waals surface area contributed by atoms with E-state index in [0.717, 1.165) is 25.4 Å². The van der Waals surface area contributed by atoms with E-state index in [2.05, 4.69) is 0 Å². The molecule has 2 aliphatic heterocycles. The number of aryl methyl sites for hydroxylation is 2. The number of hydrogen-bond donors (Lipinski definition) is 2. The number of thiophene rings is 1. The molecule has 4 aliphatic rings. The molecular weight excluding hydrogens is 720 g/mol. The zero-order valence-corrected chi connectivity index (χ0v) is 31.0. The van der Waals surface area contributed by atoms with Gasteiger partial charge in [0.25, 0.3) is 0 Å². The summed E-state index contributed by atoms with van der Waals surface area (Å²) in [6, 6.07) is 12.5. The average Bonchev–Trinajstić information content (AvgIpc) is 3.79. The molecule has 6 atom stereocenters. The van der Waals surface area contributed by atoms with Crippen molar-refractivity contribution in [2.24, 2.45) is 36.1 Å². The van der Waals surface area contributed by atoms with Crippen LogP contribution in [0.2, 0.25) is 5.02 Å². The van der Waals surface area contributed by atoms with Gasteiger partial charge in [0.1, 0.15) is 11.5 Å². The Kier molecular flexibility index (Phi) is 8.30. The maximum Gasteiger partial charge on any atom is 0.305 e. The second-order valence-corrected chi connectivity index (χ2v) is 16.0. The number of carbonyl (C=O) groups is 5. The van der Waals surface area contributed by atoms with Gasteiger partial charge in [-0.15, -0.1) is 11.3 Å². The van der Waals surface area contributed by atoms with Crippen LogP contribution in [0.1, 0.15) is 50.2 Å². The number of hydrogen-bond acceptors (Lipinski definition) is 9. The summed E-state index contributed by atoms with van der Waals surface area (Å²) < 4.78 is 8.29. The number of carboxylic acid groups (broad SMARTS) is 1. The van der Waals surface area contributed by atoms with Crippen molar-refractivity contribution < 1.29 is 38.9 Å². The quantitative estimate of drug-likeness (QED) is 0.161. The van der Waals surface area contributed by atoms with E-state index < -0.39 is 64.6 Å². The zero-order chi connectivity index (χ0) is 37.7. The molecule has 4 heterocycles. The van der Waals surface area contributed by atoms with Crippen molar-refractivity contribution in [3.63, 3.8) is 0 Å². The Hall–Kier alpha value is -5.01. The third-order valence-corrected chi connectivity index (χ3v) is 13.3. The third-order valence-electron chi connectivity index (χ3n) is 11.8. The number of halogens is 1. The van der Waals surface area contributed by atoms with E-state index in [0.29, 0.717) is 21.9 Å². The molecule has 2 aromatic carbocycles. The van der Waals surface area contributed by atoms with Crippen LogP contribution in [0.25, 0.3) is 20.7 Å². The zero-order valence-electron chi connectivity index (χ0n) is 29.5. The molecule has 1 saturated carbocycles. The van der Waals surface area contributed by atoms with E-state index >= 15 is 4.79 Å². The standard InChI is InChI=1S/C39H37ClN4O8S/c1-5-52-27-8-6-7-22(33(27)47)32-20-10-11-21-31(37(50)43(35(21)48)14-13-30(45)46)24(20)16-25-36(49)44(38(51)39(25,32)3)29-17-26(41-42(29)4)34-18(2)23-15-19(40)9-12-28(23)53-34/h6-10,12,15,17,21,24-25,31-32,47H,5,11,13-14,16H2,1-4H3,(H,45,46)/t21-,24+,25-,31-,32+,39+/m0/s1. The highest BCUT2D eigenvalue weighted by Gasteiger charge is 2.68. The molecule has 2 aliphatic carbocycles. The van der Waals surface area contributed by atoms with Gasteiger partial charge in [0.05, 0.1) is 41.1 Å². The van der Waals surface area contributed by atoms with Gasteiger partial charge >= 0.3 is 5.97 Å². The number of phenols is 1. The van der Waals surface area contributed by atoms with Gasteiger partial charge in [-0.3, -0.25) is 33.6 Å². The Bertz CT molecular complexity index is 2310. The molecule has 2 N–H and O–H groups in total. The van der Waals surface area contributed by atoms with Crippen molar-refractivity contribution in [3.05, 3.63) is 70.3 Å².